The molecule has 0 unspecified atom stereocenters. The molecule has 0 aliphatic carbocycles. The number of anilines is 1. The minimum atomic E-state index is 0.710. The van der Waals surface area contributed by atoms with E-state index in [-0.39, 0.29) is 0 Å². The van der Waals surface area contributed by atoms with Crippen LogP contribution in [0.4, 0.5) is 5.69 Å². The predicted octanol–water partition coefficient (Wildman–Crippen LogP) is 2.03. The van der Waals surface area contributed by atoms with E-state index in [1.54, 1.807) is 0 Å². The van der Waals surface area contributed by atoms with Crippen molar-refractivity contribution < 1.29 is 0 Å². The van der Waals surface area contributed by atoms with E-state index in [2.05, 4.69) is 28.4 Å². The van der Waals surface area contributed by atoms with Crippen molar-refractivity contribution in [3.63, 3.8) is 0 Å². The van der Waals surface area contributed by atoms with E-state index in [0.717, 1.165) is 17.6 Å². The Morgan fingerprint density at radius 2 is 1.56 bits per heavy atom. The highest BCUT2D eigenvalue weighted by atomic mass is 15.3. The first-order valence-corrected chi connectivity index (χ1v) is 6.88. The van der Waals surface area contributed by atoms with Crippen molar-refractivity contribution in [1.29, 1.82) is 5.26 Å². The summed E-state index contributed by atoms with van der Waals surface area (Å²) in [4.78, 5) is 2.62. The smallest absolute Gasteiger partial charge is 0.0991 e. The van der Waals surface area contributed by atoms with Crippen molar-refractivity contribution in [2.45, 2.75) is 49.9 Å². The van der Waals surface area contributed by atoms with E-state index in [0.29, 0.717) is 12.1 Å². The van der Waals surface area contributed by atoms with Gasteiger partial charge in [-0.15, -0.1) is 0 Å². The summed E-state index contributed by atoms with van der Waals surface area (Å²) in [6.07, 6.45) is 5.14. The minimum Gasteiger partial charge on any atom is -0.365 e. The number of benzene rings is 1. The lowest BCUT2D eigenvalue weighted by atomic mass is 9.74. The van der Waals surface area contributed by atoms with Gasteiger partial charge in [0.25, 0.3) is 0 Å². The van der Waals surface area contributed by atoms with Crippen LogP contribution in [0.2, 0.25) is 0 Å². The zero-order valence-corrected chi connectivity index (χ0v) is 10.3. The van der Waals surface area contributed by atoms with Crippen LogP contribution in [0.15, 0.2) is 24.3 Å². The maximum absolute atomic E-state index is 8.87. The second kappa shape index (κ2) is 3.73. The van der Waals surface area contributed by atoms with Gasteiger partial charge in [-0.3, -0.25) is 0 Å². The molecule has 0 amide bonds. The van der Waals surface area contributed by atoms with Crippen molar-refractivity contribution in [2.24, 2.45) is 0 Å². The Hall–Kier alpha value is -1.53. The molecule has 0 aromatic heterocycles. The van der Waals surface area contributed by atoms with E-state index in [1.807, 2.05) is 12.1 Å². The van der Waals surface area contributed by atoms with E-state index < -0.39 is 0 Å². The summed E-state index contributed by atoms with van der Waals surface area (Å²) in [5.41, 5.74) is 2.06. The Morgan fingerprint density at radius 1 is 1.00 bits per heavy atom. The second-order valence-corrected chi connectivity index (χ2v) is 5.88. The summed E-state index contributed by atoms with van der Waals surface area (Å²) in [7, 11) is 0. The van der Waals surface area contributed by atoms with E-state index in [1.165, 1.54) is 31.4 Å². The summed E-state index contributed by atoms with van der Waals surface area (Å²) in [6, 6.07) is 13.2. The number of nitrogens with one attached hydrogen (secondary N) is 1. The van der Waals surface area contributed by atoms with Crippen molar-refractivity contribution >= 4 is 5.69 Å². The monoisotopic (exact) mass is 239 g/mol. The molecular weight excluding hydrogens is 222 g/mol. The average molecular weight is 239 g/mol. The number of nitriles is 1. The topological polar surface area (TPSA) is 39.1 Å². The molecule has 3 heteroatoms. The fourth-order valence-corrected chi connectivity index (χ4v) is 4.19. The van der Waals surface area contributed by atoms with E-state index >= 15 is 0 Å². The largest absolute Gasteiger partial charge is 0.365 e. The minimum absolute atomic E-state index is 0.710. The van der Waals surface area contributed by atoms with E-state index in [4.69, 9.17) is 5.26 Å². The summed E-state index contributed by atoms with van der Waals surface area (Å²) in [6.45, 7) is 0. The molecule has 4 bridgehead atoms. The van der Waals surface area contributed by atoms with Crippen molar-refractivity contribution in [2.75, 3.05) is 4.90 Å². The summed E-state index contributed by atoms with van der Waals surface area (Å²) in [5.74, 6) is 0. The first-order chi connectivity index (χ1) is 8.83. The molecule has 1 aromatic carbocycles. The molecule has 4 heterocycles. The lowest BCUT2D eigenvalue weighted by molar-refractivity contribution is 0.135. The number of nitrogens with zero attached hydrogens (tertiary/aromatic N) is 2. The molecule has 4 aliphatic rings. The van der Waals surface area contributed by atoms with Gasteiger partial charge in [-0.25, -0.2) is 0 Å². The van der Waals surface area contributed by atoms with Gasteiger partial charge < -0.3 is 10.2 Å². The van der Waals surface area contributed by atoms with Gasteiger partial charge in [-0.05, 0) is 49.9 Å². The third-order valence-corrected chi connectivity index (χ3v) is 4.78. The van der Waals surface area contributed by atoms with Gasteiger partial charge in [-0.2, -0.15) is 5.26 Å². The fraction of sp³-hybridized carbons (Fsp3) is 0.533. The number of rotatable bonds is 1. The Kier molecular flexibility index (Phi) is 2.15. The molecule has 0 saturated carbocycles. The average Bonchev–Trinajstić information content (AvgIpc) is 2.38. The van der Waals surface area contributed by atoms with Gasteiger partial charge in [0.15, 0.2) is 0 Å². The zero-order chi connectivity index (χ0) is 12.1. The quantitative estimate of drug-likeness (QED) is 0.815. The van der Waals surface area contributed by atoms with Gasteiger partial charge in [0.2, 0.25) is 0 Å². The molecule has 0 spiro atoms. The number of piperidine rings is 4. The van der Waals surface area contributed by atoms with Crippen LogP contribution in [0, 0.1) is 11.3 Å². The fourth-order valence-electron chi connectivity index (χ4n) is 4.19. The Balaban J connectivity index is 1.66. The van der Waals surface area contributed by atoms with E-state index in [9.17, 15) is 0 Å². The van der Waals surface area contributed by atoms with Crippen LogP contribution in [0.1, 0.15) is 31.2 Å². The molecule has 4 aliphatic heterocycles. The third-order valence-electron chi connectivity index (χ3n) is 4.78. The first-order valence-electron chi connectivity index (χ1n) is 6.88. The molecule has 1 aromatic rings. The normalized spacial score (nSPS) is 36.7. The lowest BCUT2D eigenvalue weighted by Gasteiger charge is -2.58. The number of hydrogen-bond donors (Lipinski definition) is 1. The molecule has 4 saturated heterocycles. The molecule has 5 rings (SSSR count). The predicted molar refractivity (Wildman–Crippen MR) is 70.4 cm³/mol. The maximum atomic E-state index is 8.87. The standard InChI is InChI=1S/C15H17N3/c16-9-10-1-3-13(4-2-10)18-14-5-11-6-15(18)8-12(7-14)17-11/h1-4,11-12,14-15,17H,5-8H2. The summed E-state index contributed by atoms with van der Waals surface area (Å²) >= 11 is 0. The van der Waals surface area contributed by atoms with Crippen molar-refractivity contribution in [1.82, 2.24) is 5.32 Å². The molecule has 3 nitrogen and oxygen atoms in total. The van der Waals surface area contributed by atoms with Gasteiger partial charge in [-0.1, -0.05) is 0 Å². The van der Waals surface area contributed by atoms with Crippen LogP contribution >= 0.6 is 0 Å². The maximum Gasteiger partial charge on any atom is 0.0991 e. The van der Waals surface area contributed by atoms with Crippen LogP contribution in [-0.4, -0.2) is 24.2 Å². The summed E-state index contributed by atoms with van der Waals surface area (Å²) in [5, 5.41) is 12.6. The molecule has 1 N–H and O–H groups in total. The Labute approximate surface area is 107 Å². The molecule has 0 atom stereocenters. The highest BCUT2D eigenvalue weighted by molar-refractivity contribution is 5.53. The van der Waals surface area contributed by atoms with Gasteiger partial charge in [0.05, 0.1) is 11.6 Å². The van der Waals surface area contributed by atoms with Crippen LogP contribution in [0.5, 0.6) is 0 Å². The number of hydrogen-bond acceptors (Lipinski definition) is 3. The highest BCUT2D eigenvalue weighted by Gasteiger charge is 2.46. The molecular formula is C15H17N3. The molecule has 92 valence electrons. The van der Waals surface area contributed by atoms with Crippen LogP contribution < -0.4 is 10.2 Å². The second-order valence-electron chi connectivity index (χ2n) is 5.88. The molecule has 18 heavy (non-hydrogen) atoms. The van der Waals surface area contributed by atoms with Crippen LogP contribution in [-0.2, 0) is 0 Å². The van der Waals surface area contributed by atoms with Crippen molar-refractivity contribution in [3.8, 4) is 6.07 Å². The zero-order valence-electron chi connectivity index (χ0n) is 10.3. The third kappa shape index (κ3) is 1.46. The molecule has 0 radical (unpaired) electrons. The van der Waals surface area contributed by atoms with Crippen LogP contribution in [0.3, 0.4) is 0 Å². The Bertz CT molecular complexity index is 471. The van der Waals surface area contributed by atoms with Gasteiger partial charge in [0, 0.05) is 29.9 Å². The van der Waals surface area contributed by atoms with Gasteiger partial charge >= 0.3 is 0 Å². The first kappa shape index (κ1) is 10.4. The summed E-state index contributed by atoms with van der Waals surface area (Å²) < 4.78 is 0. The SMILES string of the molecule is N#Cc1ccc(N2C3CC4CC2CC(C3)N4)cc1. The van der Waals surface area contributed by atoms with Crippen molar-refractivity contribution in [3.05, 3.63) is 29.8 Å². The van der Waals surface area contributed by atoms with Gasteiger partial charge in [0.1, 0.15) is 0 Å². The lowest BCUT2D eigenvalue weighted by Crippen LogP contribution is -2.67. The van der Waals surface area contributed by atoms with Crippen LogP contribution in [0.25, 0.3) is 0 Å². The Morgan fingerprint density at radius 3 is 2.06 bits per heavy atom. The molecule has 4 fully saturated rings. The highest BCUT2D eigenvalue weighted by Crippen LogP contribution is 2.41.